The molecule has 178 valence electrons. The molecule has 0 aromatic carbocycles. The maximum absolute atomic E-state index is 12.9. The van der Waals surface area contributed by atoms with Gasteiger partial charge in [-0.15, -0.1) is 0 Å². The average molecular weight is 453 g/mol. The molecule has 2 fully saturated rings. The molecule has 0 aliphatic carbocycles. The number of aryl methyl sites for hydroxylation is 1. The average Bonchev–Trinajstić information content (AvgIpc) is 2.69. The lowest BCUT2D eigenvalue weighted by molar-refractivity contribution is -0.122. The Bertz CT molecular complexity index is 1030. The highest BCUT2D eigenvalue weighted by Crippen LogP contribution is 2.33. The highest BCUT2D eigenvalue weighted by Gasteiger charge is 2.35. The lowest BCUT2D eigenvalue weighted by Gasteiger charge is -2.40. The Hall–Kier alpha value is -2.70. The number of ether oxygens (including phenoxy) is 1. The Labute approximate surface area is 196 Å². The number of fused-ring (bicyclic) bond motifs is 1. The lowest BCUT2D eigenvalue weighted by atomic mass is 9.84. The molecular formula is C26H36N4O3. The van der Waals surface area contributed by atoms with Gasteiger partial charge in [0.15, 0.2) is 0 Å². The van der Waals surface area contributed by atoms with Gasteiger partial charge in [0, 0.05) is 56.5 Å². The quantitative estimate of drug-likeness (QED) is 0.659. The molecule has 0 N–H and O–H groups in total. The summed E-state index contributed by atoms with van der Waals surface area (Å²) in [6.45, 7) is 12.9. The van der Waals surface area contributed by atoms with Crippen LogP contribution in [0.4, 0.5) is 10.5 Å². The van der Waals surface area contributed by atoms with Gasteiger partial charge in [-0.05, 0) is 58.1 Å². The maximum atomic E-state index is 12.9. The normalized spacial score (nSPS) is 21.7. The highest BCUT2D eigenvalue weighted by atomic mass is 16.6. The molecule has 2 saturated heterocycles. The SMILES string of the molecule is Cc1ncc(N2C[C@@H](C)C[C@@H](CC(=O)CC3CN(C(=O)OC(C)(C)C)C3)C2)c2cccnc12. The molecule has 2 aliphatic rings. The summed E-state index contributed by atoms with van der Waals surface area (Å²) in [4.78, 5) is 38.2. The summed E-state index contributed by atoms with van der Waals surface area (Å²) in [6, 6.07) is 4.08. The van der Waals surface area contributed by atoms with Crippen molar-refractivity contribution in [1.82, 2.24) is 14.9 Å². The number of rotatable bonds is 5. The number of hydrogen-bond donors (Lipinski definition) is 0. The Morgan fingerprint density at radius 1 is 1.09 bits per heavy atom. The van der Waals surface area contributed by atoms with Crippen LogP contribution >= 0.6 is 0 Å². The minimum absolute atomic E-state index is 0.249. The zero-order valence-corrected chi connectivity index (χ0v) is 20.5. The summed E-state index contributed by atoms with van der Waals surface area (Å²) in [5.74, 6) is 1.39. The number of nitrogens with zero attached hydrogens (tertiary/aromatic N) is 4. The van der Waals surface area contributed by atoms with Gasteiger partial charge in [-0.1, -0.05) is 6.92 Å². The molecule has 0 saturated carbocycles. The molecule has 7 nitrogen and oxygen atoms in total. The Kier molecular flexibility index (Phi) is 6.59. The summed E-state index contributed by atoms with van der Waals surface area (Å²) < 4.78 is 5.41. The van der Waals surface area contributed by atoms with Crippen molar-refractivity contribution >= 4 is 28.5 Å². The van der Waals surface area contributed by atoms with E-state index in [1.165, 1.54) is 0 Å². The lowest BCUT2D eigenvalue weighted by Crippen LogP contribution is -2.52. The van der Waals surface area contributed by atoms with Crippen molar-refractivity contribution in [2.45, 2.75) is 59.5 Å². The Morgan fingerprint density at radius 2 is 1.82 bits per heavy atom. The number of Topliss-reactive ketones (excluding diaryl/α,β-unsaturated/α-hetero) is 1. The van der Waals surface area contributed by atoms with Gasteiger partial charge in [0.25, 0.3) is 0 Å². The summed E-state index contributed by atoms with van der Waals surface area (Å²) in [6.07, 6.45) is 5.69. The van der Waals surface area contributed by atoms with Crippen molar-refractivity contribution in [3.8, 4) is 0 Å². The van der Waals surface area contributed by atoms with Crippen molar-refractivity contribution in [1.29, 1.82) is 0 Å². The fraction of sp³-hybridized carbons (Fsp3) is 0.615. The minimum atomic E-state index is -0.490. The molecule has 0 unspecified atom stereocenters. The van der Waals surface area contributed by atoms with Crippen LogP contribution in [0.1, 0.15) is 52.7 Å². The number of amides is 1. The van der Waals surface area contributed by atoms with Gasteiger partial charge >= 0.3 is 6.09 Å². The van der Waals surface area contributed by atoms with E-state index in [2.05, 4.69) is 27.9 Å². The molecule has 2 aromatic rings. The molecule has 0 radical (unpaired) electrons. The molecule has 0 bridgehead atoms. The van der Waals surface area contributed by atoms with Gasteiger partial charge in [0.1, 0.15) is 11.4 Å². The highest BCUT2D eigenvalue weighted by molar-refractivity contribution is 5.92. The second-order valence-corrected chi connectivity index (χ2v) is 10.9. The van der Waals surface area contributed by atoms with Crippen LogP contribution in [-0.2, 0) is 9.53 Å². The monoisotopic (exact) mass is 452 g/mol. The fourth-order valence-electron chi connectivity index (χ4n) is 5.17. The largest absolute Gasteiger partial charge is 0.444 e. The van der Waals surface area contributed by atoms with Crippen LogP contribution in [0.15, 0.2) is 24.5 Å². The van der Waals surface area contributed by atoms with E-state index in [1.807, 2.05) is 46.2 Å². The maximum Gasteiger partial charge on any atom is 0.410 e. The molecule has 0 spiro atoms. The molecular weight excluding hydrogens is 416 g/mol. The first-order valence-electron chi connectivity index (χ1n) is 12.0. The first-order valence-corrected chi connectivity index (χ1v) is 12.0. The number of hydrogen-bond acceptors (Lipinski definition) is 6. The summed E-state index contributed by atoms with van der Waals surface area (Å²) in [5.41, 5.74) is 2.50. The molecule has 33 heavy (non-hydrogen) atoms. The van der Waals surface area contributed by atoms with E-state index >= 15 is 0 Å². The molecule has 4 heterocycles. The molecule has 7 heteroatoms. The fourth-order valence-corrected chi connectivity index (χ4v) is 5.17. The first-order chi connectivity index (χ1) is 15.6. The second kappa shape index (κ2) is 9.27. The Morgan fingerprint density at radius 3 is 2.55 bits per heavy atom. The number of piperidine rings is 1. The smallest absolute Gasteiger partial charge is 0.410 e. The van der Waals surface area contributed by atoms with Gasteiger partial charge < -0.3 is 14.5 Å². The summed E-state index contributed by atoms with van der Waals surface area (Å²) >= 11 is 0. The van der Waals surface area contributed by atoms with Crippen LogP contribution in [0.25, 0.3) is 10.9 Å². The molecule has 2 aliphatic heterocycles. The third kappa shape index (κ3) is 5.63. The van der Waals surface area contributed by atoms with Crippen molar-refractivity contribution in [3.63, 3.8) is 0 Å². The zero-order valence-electron chi connectivity index (χ0n) is 20.5. The van der Waals surface area contributed by atoms with E-state index in [1.54, 1.807) is 4.90 Å². The number of anilines is 1. The predicted molar refractivity (Wildman–Crippen MR) is 129 cm³/mol. The van der Waals surface area contributed by atoms with Gasteiger partial charge in [0.2, 0.25) is 0 Å². The van der Waals surface area contributed by atoms with E-state index in [0.717, 1.165) is 41.8 Å². The second-order valence-electron chi connectivity index (χ2n) is 10.9. The van der Waals surface area contributed by atoms with Crippen LogP contribution in [0.3, 0.4) is 0 Å². The van der Waals surface area contributed by atoms with Crippen LogP contribution in [0.5, 0.6) is 0 Å². The number of likely N-dealkylation sites (tertiary alicyclic amines) is 1. The Balaban J connectivity index is 1.33. The zero-order chi connectivity index (χ0) is 23.8. The first kappa shape index (κ1) is 23.5. The molecule has 2 atom stereocenters. The molecule has 1 amide bonds. The standard InChI is InChI=1S/C26H36N4O3/c1-17-9-19(10-21(31)11-20-15-30(16-20)25(32)33-26(3,4)5)14-29(13-17)23-12-28-18(2)24-22(23)7-6-8-27-24/h6-8,12,17,19-20H,9-11,13-16H2,1-5H3/t17-,19-/m0/s1. The van der Waals surface area contributed by atoms with Crippen LogP contribution < -0.4 is 4.90 Å². The van der Waals surface area contributed by atoms with Gasteiger partial charge in [-0.2, -0.15) is 0 Å². The molecule has 4 rings (SSSR count). The van der Waals surface area contributed by atoms with E-state index < -0.39 is 5.60 Å². The summed E-state index contributed by atoms with van der Waals surface area (Å²) in [7, 11) is 0. The minimum Gasteiger partial charge on any atom is -0.444 e. The predicted octanol–water partition coefficient (Wildman–Crippen LogP) is 4.62. The van der Waals surface area contributed by atoms with Gasteiger partial charge in [0.05, 0.1) is 23.1 Å². The van der Waals surface area contributed by atoms with Crippen LogP contribution in [-0.4, -0.2) is 58.5 Å². The third-order valence-electron chi connectivity index (χ3n) is 6.54. The van der Waals surface area contributed by atoms with Gasteiger partial charge in [-0.25, -0.2) is 4.79 Å². The van der Waals surface area contributed by atoms with Crippen molar-refractivity contribution < 1.29 is 14.3 Å². The molecule has 2 aromatic heterocycles. The number of aromatic nitrogens is 2. The van der Waals surface area contributed by atoms with E-state index in [-0.39, 0.29) is 12.0 Å². The van der Waals surface area contributed by atoms with Crippen molar-refractivity contribution in [3.05, 3.63) is 30.2 Å². The van der Waals surface area contributed by atoms with Crippen LogP contribution in [0.2, 0.25) is 0 Å². The van der Waals surface area contributed by atoms with Crippen molar-refractivity contribution in [2.75, 3.05) is 31.1 Å². The number of ketones is 1. The van der Waals surface area contributed by atoms with Gasteiger partial charge in [-0.3, -0.25) is 14.8 Å². The third-order valence-corrected chi connectivity index (χ3v) is 6.54. The van der Waals surface area contributed by atoms with E-state index in [9.17, 15) is 9.59 Å². The van der Waals surface area contributed by atoms with E-state index in [4.69, 9.17) is 4.74 Å². The number of carbonyl (C=O) groups is 2. The van der Waals surface area contributed by atoms with Crippen molar-refractivity contribution in [2.24, 2.45) is 17.8 Å². The van der Waals surface area contributed by atoms with E-state index in [0.29, 0.717) is 43.6 Å². The van der Waals surface area contributed by atoms with Crippen LogP contribution in [0, 0.1) is 24.7 Å². The summed E-state index contributed by atoms with van der Waals surface area (Å²) in [5, 5.41) is 1.13. The topological polar surface area (TPSA) is 75.6 Å². The number of pyridine rings is 2. The number of carbonyl (C=O) groups excluding carboxylic acids is 2.